The first-order chi connectivity index (χ1) is 19.4. The van der Waals surface area contributed by atoms with Crippen molar-refractivity contribution < 1.29 is 32.2 Å². The number of halogens is 3. The molecule has 2 N–H and O–H groups in total. The van der Waals surface area contributed by atoms with Crippen molar-refractivity contribution in [1.82, 2.24) is 19.5 Å². The van der Waals surface area contributed by atoms with E-state index in [4.69, 9.17) is 11.6 Å². The zero-order chi connectivity index (χ0) is 29.6. The van der Waals surface area contributed by atoms with Crippen molar-refractivity contribution in [3.8, 4) is 0 Å². The number of carbonyl (C=O) groups is 4. The molecule has 0 aliphatic carbocycles. The van der Waals surface area contributed by atoms with Gasteiger partial charge in [-0.15, -0.1) is 4.36 Å². The minimum Gasteiger partial charge on any atom is -0.350 e. The van der Waals surface area contributed by atoms with Gasteiger partial charge in [0.05, 0.1) is 28.0 Å². The van der Waals surface area contributed by atoms with Crippen LogP contribution in [-0.4, -0.2) is 62.0 Å². The number of aromatic nitrogens is 1. The number of alkyl halides is 1. The van der Waals surface area contributed by atoms with E-state index in [0.717, 1.165) is 4.90 Å². The summed E-state index contributed by atoms with van der Waals surface area (Å²) in [5.41, 5.74) is 0.821. The van der Waals surface area contributed by atoms with Gasteiger partial charge in [-0.05, 0) is 32.0 Å². The summed E-state index contributed by atoms with van der Waals surface area (Å²) in [6, 6.07) is 7.05. The van der Waals surface area contributed by atoms with E-state index in [1.54, 1.807) is 13.0 Å². The molecule has 5 rings (SSSR count). The first kappa shape index (κ1) is 28.8. The first-order valence-electron chi connectivity index (χ1n) is 12.7. The van der Waals surface area contributed by atoms with Crippen molar-refractivity contribution in [3.05, 3.63) is 64.6 Å². The van der Waals surface area contributed by atoms with Crippen LogP contribution in [0.15, 0.2) is 51.9 Å². The van der Waals surface area contributed by atoms with Crippen LogP contribution < -0.4 is 10.0 Å². The monoisotopic (exact) mass is 605 g/mol. The van der Waals surface area contributed by atoms with Crippen molar-refractivity contribution in [2.24, 2.45) is 4.36 Å². The highest BCUT2D eigenvalue weighted by atomic mass is 35.5. The summed E-state index contributed by atoms with van der Waals surface area (Å²) in [5, 5.41) is 2.93. The lowest BCUT2D eigenvalue weighted by Gasteiger charge is -2.24. The van der Waals surface area contributed by atoms with E-state index >= 15 is 0 Å². The molecule has 14 heteroatoms. The Hall–Kier alpha value is -3.68. The Bertz CT molecular complexity index is 1730. The van der Waals surface area contributed by atoms with Gasteiger partial charge in [-0.1, -0.05) is 29.8 Å². The van der Waals surface area contributed by atoms with Crippen molar-refractivity contribution >= 4 is 55.9 Å². The molecular weight excluding hydrogens is 580 g/mol. The number of rotatable bonds is 7. The van der Waals surface area contributed by atoms with Crippen molar-refractivity contribution in [2.75, 3.05) is 6.54 Å². The number of Topliss-reactive ketones (excluding diaryl/α,β-unsaturated/α-hetero) is 1. The largest absolute Gasteiger partial charge is 0.350 e. The third kappa shape index (κ3) is 5.48. The second-order valence-electron chi connectivity index (χ2n) is 10.0. The summed E-state index contributed by atoms with van der Waals surface area (Å²) in [4.78, 5) is 52.0. The normalized spacial score (nSPS) is 24.1. The van der Waals surface area contributed by atoms with Crippen LogP contribution in [-0.2, 0) is 37.4 Å². The molecule has 0 radical (unpaired) electrons. The van der Waals surface area contributed by atoms with E-state index in [1.165, 1.54) is 48.0 Å². The Balaban J connectivity index is 1.41. The van der Waals surface area contributed by atoms with Gasteiger partial charge in [0.15, 0.2) is 5.78 Å². The maximum atomic E-state index is 14.5. The topological polar surface area (TPSA) is 130 Å². The van der Waals surface area contributed by atoms with E-state index in [0.29, 0.717) is 16.5 Å². The molecule has 3 aromatic rings. The second-order valence-corrected chi connectivity index (χ2v) is 12.4. The smallest absolute Gasteiger partial charge is 0.272 e. The molecule has 0 unspecified atom stereocenters. The molecule has 10 nitrogen and oxygen atoms in total. The van der Waals surface area contributed by atoms with Gasteiger partial charge in [0, 0.05) is 35.7 Å². The number of amides is 3. The number of hydrogen-bond acceptors (Lipinski definition) is 5. The highest BCUT2D eigenvalue weighted by Crippen LogP contribution is 2.29. The van der Waals surface area contributed by atoms with E-state index in [9.17, 15) is 32.2 Å². The highest BCUT2D eigenvalue weighted by Gasteiger charge is 2.40. The molecule has 4 atom stereocenters. The predicted octanol–water partition coefficient (Wildman–Crippen LogP) is 3.15. The van der Waals surface area contributed by atoms with Gasteiger partial charge in [0.2, 0.25) is 11.8 Å². The Labute approximate surface area is 239 Å². The lowest BCUT2D eigenvalue weighted by Crippen LogP contribution is -2.46. The Morgan fingerprint density at radius 3 is 2.68 bits per heavy atom. The summed E-state index contributed by atoms with van der Waals surface area (Å²) in [6.07, 6.45) is -0.210. The maximum absolute atomic E-state index is 14.5. The number of nitrogens with one attached hydrogen (secondary N) is 2. The van der Waals surface area contributed by atoms with Gasteiger partial charge in [0.1, 0.15) is 34.5 Å². The minimum absolute atomic E-state index is 0.103. The van der Waals surface area contributed by atoms with Crippen LogP contribution in [0, 0.1) is 5.82 Å². The molecule has 1 saturated heterocycles. The van der Waals surface area contributed by atoms with Gasteiger partial charge in [-0.3, -0.25) is 19.2 Å². The van der Waals surface area contributed by atoms with Crippen molar-refractivity contribution in [1.29, 1.82) is 0 Å². The van der Waals surface area contributed by atoms with Gasteiger partial charge in [0.25, 0.3) is 5.91 Å². The predicted molar refractivity (Wildman–Crippen MR) is 147 cm³/mol. The van der Waals surface area contributed by atoms with E-state index in [2.05, 4.69) is 14.4 Å². The van der Waals surface area contributed by atoms with Gasteiger partial charge in [-0.2, -0.15) is 0 Å². The molecule has 216 valence electrons. The number of carbonyl (C=O) groups excluding carboxylic acids is 4. The lowest BCUT2D eigenvalue weighted by molar-refractivity contribution is -0.139. The summed E-state index contributed by atoms with van der Waals surface area (Å²) in [6.45, 7) is 2.03. The molecule has 3 amide bonds. The van der Waals surface area contributed by atoms with Crippen LogP contribution in [0.2, 0.25) is 5.02 Å². The number of nitrogens with zero attached hydrogens (tertiary/aromatic N) is 3. The van der Waals surface area contributed by atoms with Crippen LogP contribution in [0.1, 0.15) is 36.2 Å². The summed E-state index contributed by atoms with van der Waals surface area (Å²) in [5.74, 6) is -2.75. The van der Waals surface area contributed by atoms with E-state index in [1.807, 2.05) is 0 Å². The zero-order valence-electron chi connectivity index (χ0n) is 22.0. The summed E-state index contributed by atoms with van der Waals surface area (Å²) < 4.78 is 50.0. The van der Waals surface area contributed by atoms with Crippen LogP contribution in [0.3, 0.4) is 0 Å². The van der Waals surface area contributed by atoms with Crippen LogP contribution in [0.5, 0.6) is 0 Å². The third-order valence-corrected chi connectivity index (χ3v) is 9.44. The second kappa shape index (κ2) is 11.0. The van der Waals surface area contributed by atoms with Gasteiger partial charge >= 0.3 is 0 Å². The highest BCUT2D eigenvalue weighted by molar-refractivity contribution is 7.92. The molecule has 2 aliphatic rings. The number of likely N-dealkylation sites (tertiary alicyclic amines) is 1. The quantitative estimate of drug-likeness (QED) is 0.400. The van der Waals surface area contributed by atoms with Crippen molar-refractivity contribution in [3.63, 3.8) is 0 Å². The lowest BCUT2D eigenvalue weighted by atomic mass is 10.1. The fraction of sp³-hybridized carbons (Fsp3) is 0.333. The zero-order valence-corrected chi connectivity index (χ0v) is 23.6. The first-order valence-corrected chi connectivity index (χ1v) is 14.6. The third-order valence-electron chi connectivity index (χ3n) is 7.14. The molecule has 1 aromatic heterocycles. The fourth-order valence-electron chi connectivity index (χ4n) is 5.03. The molecule has 0 spiro atoms. The van der Waals surface area contributed by atoms with E-state index < -0.39 is 51.7 Å². The van der Waals surface area contributed by atoms with Crippen LogP contribution in [0.25, 0.3) is 10.9 Å². The maximum Gasteiger partial charge on any atom is 0.272 e. The SMILES string of the molecule is CC(=O)c1cn(CC(=O)N2C[C@H](F)C[C@H]2C(=O)NCc2cccc(Cl)c2F)c2cc([S@]3(=O)=NC(=O)[C@H](C)N3)ccc12. The molecule has 2 aliphatic heterocycles. The van der Waals surface area contributed by atoms with Crippen molar-refractivity contribution in [2.45, 2.75) is 56.5 Å². The minimum atomic E-state index is -3.26. The molecule has 1 fully saturated rings. The molecule has 0 saturated carbocycles. The molecule has 3 heterocycles. The summed E-state index contributed by atoms with van der Waals surface area (Å²) in [7, 11) is -3.26. The number of hydrogen-bond donors (Lipinski definition) is 2. The average Bonchev–Trinajstić information content (AvgIpc) is 3.57. The average molecular weight is 606 g/mol. The molecule has 41 heavy (non-hydrogen) atoms. The van der Waals surface area contributed by atoms with Gasteiger partial charge in [-0.25, -0.2) is 17.7 Å². The van der Waals surface area contributed by atoms with E-state index in [-0.39, 0.29) is 47.3 Å². The molecular formula is C27H26ClF2N5O5S. The molecule has 0 bridgehead atoms. The summed E-state index contributed by atoms with van der Waals surface area (Å²) >= 11 is 5.79. The Morgan fingerprint density at radius 2 is 2.00 bits per heavy atom. The van der Waals surface area contributed by atoms with Crippen LogP contribution >= 0.6 is 11.6 Å². The van der Waals surface area contributed by atoms with Crippen LogP contribution in [0.4, 0.5) is 8.78 Å². The van der Waals surface area contributed by atoms with Gasteiger partial charge < -0.3 is 14.8 Å². The Kier molecular flexibility index (Phi) is 7.70. The molecule has 2 aromatic carbocycles. The fourth-order valence-corrected chi connectivity index (χ4v) is 7.03. The number of fused-ring (bicyclic) bond motifs is 1. The number of ketones is 1. The number of benzene rings is 2. The standard InChI is InChI=1S/C27H26ClF2N5O5S/c1-14-26(38)33-41(40,32-14)18-6-7-19-20(15(2)36)12-34(22(19)9-18)13-24(37)35-11-17(29)8-23(35)27(39)31-10-16-4-3-5-21(28)25(16)30/h3-7,9,12,14,17,23H,8,10-11,13H2,1-2H3,(H,31,39)(H,32,33,38,40)/t14-,17+,23-,41+/m0/s1. The Morgan fingerprint density at radius 1 is 1.24 bits per heavy atom.